The third-order valence-corrected chi connectivity index (χ3v) is 3.76. The van der Waals surface area contributed by atoms with Gasteiger partial charge in [-0.05, 0) is 57.9 Å². The molecule has 1 heterocycles. The van der Waals surface area contributed by atoms with Gasteiger partial charge < -0.3 is 19.9 Å². The molecule has 0 spiro atoms. The van der Waals surface area contributed by atoms with Crippen LogP contribution in [-0.2, 0) is 4.74 Å². The van der Waals surface area contributed by atoms with E-state index in [1.54, 1.807) is 12.1 Å². The number of piperidine rings is 1. The van der Waals surface area contributed by atoms with Gasteiger partial charge in [0, 0.05) is 24.8 Å². The Hall–Kier alpha value is -1.51. The zero-order valence-electron chi connectivity index (χ0n) is 14.6. The van der Waals surface area contributed by atoms with Crippen molar-refractivity contribution < 1.29 is 27.8 Å². The maximum Gasteiger partial charge on any atom is 0.573 e. The molecule has 1 aliphatic heterocycles. The summed E-state index contributed by atoms with van der Waals surface area (Å²) in [5.41, 5.74) is 0.314. The number of nitrogens with zero attached hydrogens (tertiary/aromatic N) is 1. The van der Waals surface area contributed by atoms with Gasteiger partial charge in [-0.15, -0.1) is 13.2 Å². The lowest BCUT2D eigenvalue weighted by Crippen LogP contribution is -2.47. The monoisotopic (exact) mass is 362 g/mol. The number of halogens is 3. The highest BCUT2D eigenvalue weighted by Crippen LogP contribution is 2.25. The summed E-state index contributed by atoms with van der Waals surface area (Å²) in [6.07, 6.45) is -4.02. The van der Waals surface area contributed by atoms with Crippen molar-refractivity contribution in [2.45, 2.75) is 58.0 Å². The number of anilines is 1. The van der Waals surface area contributed by atoms with Crippen molar-refractivity contribution in [3.05, 3.63) is 24.3 Å². The molecule has 1 unspecified atom stereocenters. The van der Waals surface area contributed by atoms with E-state index in [0.717, 1.165) is 18.5 Å². The van der Waals surface area contributed by atoms with Crippen LogP contribution in [0.1, 0.15) is 33.6 Å². The van der Waals surface area contributed by atoms with E-state index in [2.05, 4.69) is 10.1 Å². The molecule has 0 aromatic heterocycles. The number of benzene rings is 1. The smallest absolute Gasteiger partial charge is 0.406 e. The number of hydrogen-bond acceptors (Lipinski definition) is 5. The molecule has 2 N–H and O–H groups in total. The summed E-state index contributed by atoms with van der Waals surface area (Å²) in [7, 11) is 0. The number of aliphatic hydroxyl groups is 1. The van der Waals surface area contributed by atoms with Crippen molar-refractivity contribution >= 4 is 5.69 Å². The van der Waals surface area contributed by atoms with Crippen LogP contribution >= 0.6 is 0 Å². The molecule has 25 heavy (non-hydrogen) atoms. The third kappa shape index (κ3) is 7.09. The van der Waals surface area contributed by atoms with Gasteiger partial charge in [0.05, 0.1) is 5.60 Å². The maximum atomic E-state index is 12.1. The van der Waals surface area contributed by atoms with Crippen LogP contribution in [0.5, 0.6) is 5.75 Å². The van der Waals surface area contributed by atoms with Gasteiger partial charge in [0.1, 0.15) is 5.75 Å². The standard InChI is InChI=1S/C17H25F3N2O3/c1-16(2,3)25-15(23)22-10-8-13(9-11-22)21-12-4-6-14(7-5-12)24-17(18,19)20/h4-7,13,15,21,23H,8-11H2,1-3H3. The van der Waals surface area contributed by atoms with E-state index >= 15 is 0 Å². The van der Waals surface area contributed by atoms with E-state index in [1.807, 2.05) is 25.7 Å². The second kappa shape index (κ2) is 7.80. The van der Waals surface area contributed by atoms with E-state index in [9.17, 15) is 18.3 Å². The third-order valence-electron chi connectivity index (χ3n) is 3.76. The van der Waals surface area contributed by atoms with Crippen molar-refractivity contribution in [3.8, 4) is 5.75 Å². The van der Waals surface area contributed by atoms with E-state index < -0.39 is 18.4 Å². The number of alkyl halides is 3. The molecule has 0 saturated carbocycles. The van der Waals surface area contributed by atoms with Gasteiger partial charge in [-0.1, -0.05) is 0 Å². The molecule has 1 saturated heterocycles. The topological polar surface area (TPSA) is 54.0 Å². The first-order valence-corrected chi connectivity index (χ1v) is 8.24. The Morgan fingerprint density at radius 3 is 2.16 bits per heavy atom. The summed E-state index contributed by atoms with van der Waals surface area (Å²) in [4.78, 5) is 1.86. The molecule has 0 bridgehead atoms. The van der Waals surface area contributed by atoms with E-state index in [1.165, 1.54) is 12.1 Å². The minimum absolute atomic E-state index is 0.187. The molecular formula is C17H25F3N2O3. The summed E-state index contributed by atoms with van der Waals surface area (Å²) in [5, 5.41) is 13.4. The Balaban J connectivity index is 1.80. The van der Waals surface area contributed by atoms with Crippen LogP contribution in [0.15, 0.2) is 24.3 Å². The maximum absolute atomic E-state index is 12.1. The Bertz CT molecular complexity index is 536. The fourth-order valence-electron chi connectivity index (χ4n) is 2.64. The second-order valence-electron chi connectivity index (χ2n) is 7.08. The van der Waals surface area contributed by atoms with Crippen molar-refractivity contribution in [1.29, 1.82) is 0 Å². The lowest BCUT2D eigenvalue weighted by Gasteiger charge is -2.37. The van der Waals surface area contributed by atoms with Crippen molar-refractivity contribution in [2.75, 3.05) is 18.4 Å². The largest absolute Gasteiger partial charge is 0.573 e. The zero-order valence-corrected chi connectivity index (χ0v) is 14.6. The number of aliphatic hydroxyl groups excluding tert-OH is 1. The molecule has 5 nitrogen and oxygen atoms in total. The number of likely N-dealkylation sites (tertiary alicyclic amines) is 1. The Morgan fingerprint density at radius 1 is 1.12 bits per heavy atom. The number of nitrogens with one attached hydrogen (secondary N) is 1. The van der Waals surface area contributed by atoms with E-state index in [4.69, 9.17) is 4.74 Å². The minimum atomic E-state index is -4.68. The molecular weight excluding hydrogens is 337 g/mol. The molecule has 1 fully saturated rings. The Morgan fingerprint density at radius 2 is 1.68 bits per heavy atom. The van der Waals surface area contributed by atoms with Gasteiger partial charge in [-0.2, -0.15) is 0 Å². The van der Waals surface area contributed by atoms with E-state index in [-0.39, 0.29) is 11.8 Å². The first kappa shape index (κ1) is 19.8. The number of rotatable bonds is 5. The van der Waals surface area contributed by atoms with Gasteiger partial charge in [-0.25, -0.2) is 0 Å². The molecule has 8 heteroatoms. The number of ether oxygens (including phenoxy) is 2. The van der Waals surface area contributed by atoms with Crippen LogP contribution in [-0.4, -0.2) is 47.5 Å². The van der Waals surface area contributed by atoms with Gasteiger partial charge in [-0.3, -0.25) is 4.90 Å². The zero-order chi connectivity index (χ0) is 18.7. The highest BCUT2D eigenvalue weighted by molar-refractivity contribution is 5.47. The molecule has 1 aromatic rings. The molecule has 0 amide bonds. The summed E-state index contributed by atoms with van der Waals surface area (Å²) in [5.74, 6) is -0.240. The first-order valence-electron chi connectivity index (χ1n) is 8.24. The predicted molar refractivity (Wildman–Crippen MR) is 88.2 cm³/mol. The highest BCUT2D eigenvalue weighted by atomic mass is 19.4. The van der Waals surface area contributed by atoms with Gasteiger partial charge in [0.25, 0.3) is 0 Å². The van der Waals surface area contributed by atoms with Crippen molar-refractivity contribution in [3.63, 3.8) is 0 Å². The van der Waals surface area contributed by atoms with Crippen molar-refractivity contribution in [2.24, 2.45) is 0 Å². The average molecular weight is 362 g/mol. The van der Waals surface area contributed by atoms with Crippen LogP contribution in [0.2, 0.25) is 0 Å². The fourth-order valence-corrected chi connectivity index (χ4v) is 2.64. The lowest BCUT2D eigenvalue weighted by molar-refractivity contribution is -0.274. The molecule has 1 aromatic carbocycles. The minimum Gasteiger partial charge on any atom is -0.406 e. The van der Waals surface area contributed by atoms with Gasteiger partial charge >= 0.3 is 6.36 Å². The number of hydrogen-bond donors (Lipinski definition) is 2. The molecule has 1 aliphatic rings. The average Bonchev–Trinajstić information content (AvgIpc) is 2.47. The van der Waals surface area contributed by atoms with Crippen LogP contribution in [0, 0.1) is 0 Å². The van der Waals surface area contributed by atoms with Crippen LogP contribution in [0.4, 0.5) is 18.9 Å². The first-order chi connectivity index (χ1) is 11.5. The highest BCUT2D eigenvalue weighted by Gasteiger charge is 2.31. The van der Waals surface area contributed by atoms with Gasteiger partial charge in [0.15, 0.2) is 0 Å². The summed E-state index contributed by atoms with van der Waals surface area (Å²) in [6, 6.07) is 5.88. The predicted octanol–water partition coefficient (Wildman–Crippen LogP) is 3.55. The molecule has 2 rings (SSSR count). The fraction of sp³-hybridized carbons (Fsp3) is 0.647. The quantitative estimate of drug-likeness (QED) is 0.785. The van der Waals surface area contributed by atoms with Crippen molar-refractivity contribution in [1.82, 2.24) is 4.90 Å². The summed E-state index contributed by atoms with van der Waals surface area (Å²) >= 11 is 0. The second-order valence-corrected chi connectivity index (χ2v) is 7.08. The molecule has 0 radical (unpaired) electrons. The Labute approximate surface area is 145 Å². The molecule has 1 atom stereocenters. The normalized spacial score (nSPS) is 18.8. The van der Waals surface area contributed by atoms with E-state index in [0.29, 0.717) is 13.1 Å². The summed E-state index contributed by atoms with van der Waals surface area (Å²) in [6.45, 7) is 7.00. The SMILES string of the molecule is CC(C)(C)OC(O)N1CCC(Nc2ccc(OC(F)(F)F)cc2)CC1. The van der Waals surface area contributed by atoms with Crippen LogP contribution < -0.4 is 10.1 Å². The molecule has 142 valence electrons. The Kier molecular flexibility index (Phi) is 6.18. The summed E-state index contributed by atoms with van der Waals surface area (Å²) < 4.78 is 45.8. The van der Waals surface area contributed by atoms with Crippen LogP contribution in [0.3, 0.4) is 0 Å². The molecule has 0 aliphatic carbocycles. The van der Waals surface area contributed by atoms with Gasteiger partial charge in [0.2, 0.25) is 6.41 Å². The van der Waals surface area contributed by atoms with Crippen LogP contribution in [0.25, 0.3) is 0 Å². The lowest BCUT2D eigenvalue weighted by atomic mass is 10.0.